The Kier molecular flexibility index (Phi) is 6.51. The van der Waals surface area contributed by atoms with Crippen molar-refractivity contribution in [1.82, 2.24) is 9.62 Å². The quantitative estimate of drug-likeness (QED) is 0.705. The van der Waals surface area contributed by atoms with Gasteiger partial charge < -0.3 is 5.32 Å². The zero-order valence-corrected chi connectivity index (χ0v) is 18.0. The highest BCUT2D eigenvalue weighted by Crippen LogP contribution is 2.23. The zero-order chi connectivity index (χ0) is 21.0. The molecule has 2 fully saturated rings. The molecule has 0 radical (unpaired) electrons. The molecule has 7 heteroatoms. The molecule has 1 aliphatic heterocycles. The molecule has 2 aromatic rings. The second-order valence-electron chi connectivity index (χ2n) is 8.23. The van der Waals surface area contributed by atoms with E-state index in [1.807, 2.05) is 24.3 Å². The van der Waals surface area contributed by atoms with Gasteiger partial charge in [-0.05, 0) is 68.6 Å². The van der Waals surface area contributed by atoms with Gasteiger partial charge in [-0.15, -0.1) is 0 Å². The van der Waals surface area contributed by atoms with Gasteiger partial charge in [-0.1, -0.05) is 37.1 Å². The molecular weight excluding hydrogens is 398 g/mol. The molecule has 2 N–H and O–H groups in total. The van der Waals surface area contributed by atoms with Crippen LogP contribution in [0, 0.1) is 0 Å². The number of nitrogens with zero attached hydrogens (tertiary/aromatic N) is 1. The monoisotopic (exact) mass is 427 g/mol. The molecule has 0 aromatic heterocycles. The van der Waals surface area contributed by atoms with E-state index in [9.17, 15) is 13.2 Å². The molecule has 2 aliphatic rings. The van der Waals surface area contributed by atoms with Crippen molar-refractivity contribution in [1.29, 1.82) is 0 Å². The minimum absolute atomic E-state index is 0.00931. The highest BCUT2D eigenvalue weighted by atomic mass is 32.2. The van der Waals surface area contributed by atoms with E-state index in [1.165, 1.54) is 25.0 Å². The maximum atomic E-state index is 12.9. The van der Waals surface area contributed by atoms with Crippen molar-refractivity contribution in [2.45, 2.75) is 56.0 Å². The highest BCUT2D eigenvalue weighted by Gasteiger charge is 2.23. The minimum atomic E-state index is -3.63. The summed E-state index contributed by atoms with van der Waals surface area (Å²) in [5.74, 6) is -0.304. The number of hydrogen-bond acceptors (Lipinski definition) is 4. The largest absolute Gasteiger partial charge is 0.322 e. The molecule has 0 atom stereocenters. The third-order valence-electron chi connectivity index (χ3n) is 5.94. The fraction of sp³-hybridized carbons (Fsp3) is 0.435. The van der Waals surface area contributed by atoms with Gasteiger partial charge in [0.25, 0.3) is 5.91 Å². The predicted octanol–water partition coefficient (Wildman–Crippen LogP) is 3.76. The number of amides is 1. The molecule has 6 nitrogen and oxygen atoms in total. The third kappa shape index (κ3) is 5.09. The Morgan fingerprint density at radius 3 is 2.47 bits per heavy atom. The number of carbonyl (C=O) groups excluding carboxylic acids is 1. The van der Waals surface area contributed by atoms with Gasteiger partial charge in [0.05, 0.1) is 4.90 Å². The Balaban J connectivity index is 1.48. The number of sulfonamides is 1. The van der Waals surface area contributed by atoms with E-state index in [0.717, 1.165) is 56.6 Å². The third-order valence-corrected chi connectivity index (χ3v) is 7.46. The molecule has 0 bridgehead atoms. The van der Waals surface area contributed by atoms with Gasteiger partial charge in [-0.2, -0.15) is 0 Å². The fourth-order valence-electron chi connectivity index (χ4n) is 4.29. The normalized spacial score (nSPS) is 18.0. The van der Waals surface area contributed by atoms with Gasteiger partial charge in [-0.25, -0.2) is 13.1 Å². The first-order valence-corrected chi connectivity index (χ1v) is 12.2. The number of anilines is 1. The lowest BCUT2D eigenvalue weighted by Gasteiger charge is -2.18. The van der Waals surface area contributed by atoms with Crippen LogP contribution in [0.15, 0.2) is 53.4 Å². The van der Waals surface area contributed by atoms with Crippen molar-refractivity contribution in [3.8, 4) is 0 Å². The summed E-state index contributed by atoms with van der Waals surface area (Å²) in [4.78, 5) is 15.4. The smallest absolute Gasteiger partial charge is 0.255 e. The summed E-state index contributed by atoms with van der Waals surface area (Å²) >= 11 is 0. The number of rotatable bonds is 7. The van der Waals surface area contributed by atoms with Crippen molar-refractivity contribution >= 4 is 21.6 Å². The van der Waals surface area contributed by atoms with E-state index < -0.39 is 10.0 Å². The van der Waals surface area contributed by atoms with E-state index in [1.54, 1.807) is 12.1 Å². The number of likely N-dealkylation sites (tertiary alicyclic amines) is 1. The maximum Gasteiger partial charge on any atom is 0.255 e. The zero-order valence-electron chi connectivity index (χ0n) is 17.1. The molecule has 1 heterocycles. The number of hydrogen-bond donors (Lipinski definition) is 2. The first-order chi connectivity index (χ1) is 14.5. The number of carbonyl (C=O) groups is 1. The first kappa shape index (κ1) is 21.0. The molecule has 1 amide bonds. The second kappa shape index (κ2) is 9.29. The number of nitrogens with one attached hydrogen (secondary N) is 2. The summed E-state index contributed by atoms with van der Waals surface area (Å²) in [7, 11) is -3.63. The summed E-state index contributed by atoms with van der Waals surface area (Å²) in [6.07, 6.45) is 6.26. The SMILES string of the molecule is O=C(Nc1ccccc1CN1CCCC1)c1cccc(S(=O)(=O)NC2CCCC2)c1. The van der Waals surface area contributed by atoms with Crippen LogP contribution < -0.4 is 10.0 Å². The first-order valence-electron chi connectivity index (χ1n) is 10.8. The van der Waals surface area contributed by atoms with E-state index >= 15 is 0 Å². The summed E-state index contributed by atoms with van der Waals surface area (Å²) in [5, 5.41) is 2.97. The van der Waals surface area contributed by atoms with Crippen LogP contribution in [0.4, 0.5) is 5.69 Å². The molecule has 4 rings (SSSR count). The summed E-state index contributed by atoms with van der Waals surface area (Å²) in [6, 6.07) is 14.0. The van der Waals surface area contributed by atoms with Crippen LogP contribution in [0.3, 0.4) is 0 Å². The Bertz CT molecular complexity index is 994. The van der Waals surface area contributed by atoms with Crippen molar-refractivity contribution in [3.63, 3.8) is 0 Å². The minimum Gasteiger partial charge on any atom is -0.322 e. The molecular formula is C23H29N3O3S. The fourth-order valence-corrected chi connectivity index (χ4v) is 5.64. The molecule has 0 spiro atoms. The average Bonchev–Trinajstić information content (AvgIpc) is 3.43. The van der Waals surface area contributed by atoms with Crippen LogP contribution in [0.25, 0.3) is 0 Å². The van der Waals surface area contributed by atoms with Crippen LogP contribution in [-0.2, 0) is 16.6 Å². The van der Waals surface area contributed by atoms with Crippen LogP contribution in [0.5, 0.6) is 0 Å². The highest BCUT2D eigenvalue weighted by molar-refractivity contribution is 7.89. The van der Waals surface area contributed by atoms with Gasteiger partial charge in [0.15, 0.2) is 0 Å². The van der Waals surface area contributed by atoms with Crippen LogP contribution >= 0.6 is 0 Å². The van der Waals surface area contributed by atoms with Crippen molar-refractivity contribution in [2.75, 3.05) is 18.4 Å². The van der Waals surface area contributed by atoms with Gasteiger partial charge in [-0.3, -0.25) is 9.69 Å². The van der Waals surface area contributed by atoms with Crippen molar-refractivity contribution < 1.29 is 13.2 Å². The van der Waals surface area contributed by atoms with E-state index in [0.29, 0.717) is 5.56 Å². The maximum absolute atomic E-state index is 12.9. The Morgan fingerprint density at radius 1 is 0.967 bits per heavy atom. The van der Waals surface area contributed by atoms with Gasteiger partial charge in [0, 0.05) is 23.8 Å². The second-order valence-corrected chi connectivity index (χ2v) is 9.94. The Morgan fingerprint density at radius 2 is 1.70 bits per heavy atom. The lowest BCUT2D eigenvalue weighted by atomic mass is 10.1. The molecule has 30 heavy (non-hydrogen) atoms. The van der Waals surface area contributed by atoms with E-state index in [4.69, 9.17) is 0 Å². The van der Waals surface area contributed by atoms with Crippen molar-refractivity contribution in [3.05, 3.63) is 59.7 Å². The molecule has 1 aliphatic carbocycles. The summed E-state index contributed by atoms with van der Waals surface area (Å²) in [5.41, 5.74) is 2.17. The number of benzene rings is 2. The lowest BCUT2D eigenvalue weighted by molar-refractivity contribution is 0.102. The van der Waals surface area contributed by atoms with Crippen LogP contribution in [0.2, 0.25) is 0 Å². The average molecular weight is 428 g/mol. The molecule has 1 saturated heterocycles. The van der Waals surface area contributed by atoms with Crippen molar-refractivity contribution in [2.24, 2.45) is 0 Å². The molecule has 2 aromatic carbocycles. The summed E-state index contributed by atoms with van der Waals surface area (Å²) in [6.45, 7) is 2.96. The van der Waals surface area contributed by atoms with Gasteiger partial charge >= 0.3 is 0 Å². The molecule has 0 unspecified atom stereocenters. The standard InChI is InChI=1S/C23H29N3O3S/c27-23(24-22-13-4-1-8-19(22)17-26-14-5-6-15-26)18-9-7-12-21(16-18)30(28,29)25-20-10-2-3-11-20/h1,4,7-9,12-13,16,20,25H,2-3,5-6,10-11,14-15,17H2,(H,24,27). The summed E-state index contributed by atoms with van der Waals surface area (Å²) < 4.78 is 28.2. The van der Waals surface area contributed by atoms with Crippen LogP contribution in [0.1, 0.15) is 54.4 Å². The topological polar surface area (TPSA) is 78.5 Å². The lowest BCUT2D eigenvalue weighted by Crippen LogP contribution is -2.32. The predicted molar refractivity (Wildman–Crippen MR) is 118 cm³/mol. The Hall–Kier alpha value is -2.22. The molecule has 160 valence electrons. The van der Waals surface area contributed by atoms with Crippen LogP contribution in [-0.4, -0.2) is 38.4 Å². The van der Waals surface area contributed by atoms with Gasteiger partial charge in [0.2, 0.25) is 10.0 Å². The molecule has 1 saturated carbocycles. The Labute approximate surface area is 178 Å². The number of para-hydroxylation sites is 1. The van der Waals surface area contributed by atoms with E-state index in [2.05, 4.69) is 14.9 Å². The van der Waals surface area contributed by atoms with Gasteiger partial charge in [0.1, 0.15) is 0 Å². The van der Waals surface area contributed by atoms with E-state index in [-0.39, 0.29) is 16.8 Å².